The Labute approximate surface area is 221 Å². The molecule has 0 aliphatic rings. The summed E-state index contributed by atoms with van der Waals surface area (Å²) >= 11 is 0. The fourth-order valence-corrected chi connectivity index (χ4v) is 9.33. The molecular weight excluding hydrogens is 480 g/mol. The third-order valence-corrected chi connectivity index (χ3v) is 11.5. The first-order valence-electron chi connectivity index (χ1n) is 12.6. The molecule has 3 aromatic carbocycles. The Morgan fingerprint density at radius 1 is 0.946 bits per heavy atom. The summed E-state index contributed by atoms with van der Waals surface area (Å²) in [6, 6.07) is 30.9. The van der Waals surface area contributed by atoms with Gasteiger partial charge in [0.2, 0.25) is 0 Å². The molecule has 1 amide bonds. The van der Waals surface area contributed by atoms with Crippen LogP contribution in [0.2, 0.25) is 5.04 Å². The van der Waals surface area contributed by atoms with E-state index in [0.717, 1.165) is 15.9 Å². The Bertz CT molecular complexity index is 1110. The average molecular weight is 517 g/mol. The smallest absolute Gasteiger partial charge is 0.408 e. The van der Waals surface area contributed by atoms with Crippen molar-refractivity contribution in [1.82, 2.24) is 5.32 Å². The van der Waals surface area contributed by atoms with Gasteiger partial charge in [-0.1, -0.05) is 112 Å². The second-order valence-electron chi connectivity index (χ2n) is 10.00. The van der Waals surface area contributed by atoms with Crippen LogP contribution in [0, 0.1) is 11.3 Å². The maximum absolute atomic E-state index is 12.7. The van der Waals surface area contributed by atoms with Crippen LogP contribution >= 0.6 is 0 Å². The molecule has 0 spiro atoms. The lowest BCUT2D eigenvalue weighted by Gasteiger charge is -2.45. The van der Waals surface area contributed by atoms with Crippen LogP contribution in [0.4, 0.5) is 4.79 Å². The van der Waals surface area contributed by atoms with E-state index in [9.17, 15) is 15.2 Å². The van der Waals surface area contributed by atoms with Gasteiger partial charge in [-0.25, -0.2) is 4.79 Å². The van der Waals surface area contributed by atoms with E-state index in [-0.39, 0.29) is 18.3 Å². The molecule has 37 heavy (non-hydrogen) atoms. The molecule has 7 heteroatoms. The first kappa shape index (κ1) is 28.1. The van der Waals surface area contributed by atoms with E-state index in [4.69, 9.17) is 9.16 Å². The van der Waals surface area contributed by atoms with Crippen molar-refractivity contribution in [3.8, 4) is 6.07 Å². The quantitative estimate of drug-likeness (QED) is 0.366. The zero-order valence-corrected chi connectivity index (χ0v) is 22.8. The highest BCUT2D eigenvalue weighted by molar-refractivity contribution is 6.99. The molecule has 2 atom stereocenters. The number of aliphatic hydroxyl groups excluding tert-OH is 1. The summed E-state index contributed by atoms with van der Waals surface area (Å²) in [6.45, 7) is 6.53. The van der Waals surface area contributed by atoms with E-state index in [2.05, 4.69) is 56.4 Å². The second-order valence-corrected chi connectivity index (χ2v) is 14.3. The Morgan fingerprint density at radius 2 is 1.46 bits per heavy atom. The first-order valence-corrected chi connectivity index (χ1v) is 14.5. The maximum Gasteiger partial charge on any atom is 0.408 e. The molecule has 6 nitrogen and oxygen atoms in total. The standard InChI is InChI=1S/C30H36N2O4Si/c1-30(2,3)37(25-16-9-5-10-17-25,26-18-11-6-12-19-26)36-28(20-13-21-33)27(22-31)32-29(34)35-23-24-14-7-4-8-15-24/h4-12,14-19,27-28,33H,13,20-21,23H2,1-3H3,(H,32,34)/t27-,28+/m1/s1. The first-order chi connectivity index (χ1) is 17.8. The maximum atomic E-state index is 12.7. The summed E-state index contributed by atoms with van der Waals surface area (Å²) in [6.07, 6.45) is -0.511. The molecular formula is C30H36N2O4Si. The average Bonchev–Trinajstić information content (AvgIpc) is 2.92. The van der Waals surface area contributed by atoms with E-state index >= 15 is 0 Å². The third-order valence-electron chi connectivity index (χ3n) is 6.39. The molecule has 0 aliphatic heterocycles. The summed E-state index contributed by atoms with van der Waals surface area (Å²) in [4.78, 5) is 12.7. The van der Waals surface area contributed by atoms with Crippen molar-refractivity contribution in [3.63, 3.8) is 0 Å². The highest BCUT2D eigenvalue weighted by Gasteiger charge is 2.52. The van der Waals surface area contributed by atoms with Gasteiger partial charge in [-0.05, 0) is 33.8 Å². The van der Waals surface area contributed by atoms with Gasteiger partial charge >= 0.3 is 6.09 Å². The SMILES string of the molecule is CC(C)(C)[Si](O[C@@H](CCCO)[C@@H](C#N)NC(=O)OCc1ccccc1)(c1ccccc1)c1ccccc1. The molecule has 0 fully saturated rings. The molecule has 0 saturated heterocycles. The van der Waals surface area contributed by atoms with E-state index in [1.807, 2.05) is 66.7 Å². The van der Waals surface area contributed by atoms with Gasteiger partial charge in [0, 0.05) is 6.61 Å². The summed E-state index contributed by atoms with van der Waals surface area (Å²) in [5.41, 5.74) is 0.853. The zero-order valence-electron chi connectivity index (χ0n) is 21.8. The Balaban J connectivity index is 1.96. The van der Waals surface area contributed by atoms with Gasteiger partial charge in [0.1, 0.15) is 12.6 Å². The van der Waals surface area contributed by atoms with Gasteiger partial charge in [-0.3, -0.25) is 0 Å². The molecule has 2 N–H and O–H groups in total. The molecule has 3 aromatic rings. The summed E-state index contributed by atoms with van der Waals surface area (Å²) < 4.78 is 12.5. The molecule has 0 aromatic heterocycles. The molecule has 0 radical (unpaired) electrons. The van der Waals surface area contributed by atoms with Crippen LogP contribution in [0.1, 0.15) is 39.2 Å². The number of carbonyl (C=O) groups is 1. The predicted octanol–water partition coefficient (Wildman–Crippen LogP) is 4.52. The van der Waals surface area contributed by atoms with Gasteiger partial charge in [0.05, 0.1) is 12.2 Å². The molecule has 194 valence electrons. The number of hydrogen-bond acceptors (Lipinski definition) is 5. The number of aliphatic hydroxyl groups is 1. The Kier molecular flexibility index (Phi) is 10.0. The molecule has 0 heterocycles. The number of nitrogens with zero attached hydrogens (tertiary/aromatic N) is 1. The number of rotatable bonds is 11. The Morgan fingerprint density at radius 3 is 1.92 bits per heavy atom. The van der Waals surface area contributed by atoms with Crippen LogP contribution in [0.15, 0.2) is 91.0 Å². The lowest BCUT2D eigenvalue weighted by atomic mass is 10.1. The van der Waals surface area contributed by atoms with Crippen molar-refractivity contribution in [2.45, 2.75) is 57.4 Å². The number of alkyl carbamates (subject to hydrolysis) is 1. The fourth-order valence-electron chi connectivity index (χ4n) is 4.60. The van der Waals surface area contributed by atoms with Crippen molar-refractivity contribution in [1.29, 1.82) is 5.26 Å². The normalized spacial score (nSPS) is 13.3. The zero-order chi connectivity index (χ0) is 26.7. The van der Waals surface area contributed by atoms with E-state index in [0.29, 0.717) is 12.8 Å². The van der Waals surface area contributed by atoms with E-state index < -0.39 is 26.6 Å². The fraction of sp³-hybridized carbons (Fsp3) is 0.333. The minimum absolute atomic E-state index is 0.0444. The van der Waals surface area contributed by atoms with Crippen LogP contribution in [-0.4, -0.2) is 38.3 Å². The van der Waals surface area contributed by atoms with Gasteiger partial charge < -0.3 is 19.6 Å². The number of hydrogen-bond donors (Lipinski definition) is 2. The lowest BCUT2D eigenvalue weighted by Crippen LogP contribution is -2.69. The summed E-state index contributed by atoms with van der Waals surface area (Å²) in [7, 11) is -2.99. The van der Waals surface area contributed by atoms with Crippen molar-refractivity contribution in [3.05, 3.63) is 96.6 Å². The summed E-state index contributed by atoms with van der Waals surface area (Å²) in [5.74, 6) is 0. The van der Waals surface area contributed by atoms with Gasteiger partial charge in [-0.15, -0.1) is 0 Å². The van der Waals surface area contributed by atoms with Crippen molar-refractivity contribution in [2.75, 3.05) is 6.61 Å². The number of nitriles is 1. The van der Waals surface area contributed by atoms with Crippen LogP contribution in [0.3, 0.4) is 0 Å². The van der Waals surface area contributed by atoms with E-state index in [1.54, 1.807) is 0 Å². The van der Waals surface area contributed by atoms with E-state index in [1.165, 1.54) is 0 Å². The van der Waals surface area contributed by atoms with Crippen molar-refractivity contribution >= 4 is 24.8 Å². The van der Waals surface area contributed by atoms with Gasteiger partial charge in [-0.2, -0.15) is 5.26 Å². The third kappa shape index (κ3) is 7.07. The van der Waals surface area contributed by atoms with Gasteiger partial charge in [0.25, 0.3) is 8.32 Å². The second kappa shape index (κ2) is 13.2. The van der Waals surface area contributed by atoms with Crippen LogP contribution in [-0.2, 0) is 15.8 Å². The largest absolute Gasteiger partial charge is 0.445 e. The molecule has 0 saturated carbocycles. The summed E-state index contributed by atoms with van der Waals surface area (Å²) in [5, 5.41) is 24.3. The van der Waals surface area contributed by atoms with Crippen molar-refractivity contribution < 1.29 is 19.1 Å². The molecule has 0 unspecified atom stereocenters. The number of ether oxygens (including phenoxy) is 1. The molecule has 0 bridgehead atoms. The minimum Gasteiger partial charge on any atom is -0.445 e. The van der Waals surface area contributed by atoms with Crippen LogP contribution in [0.25, 0.3) is 0 Å². The minimum atomic E-state index is -2.99. The predicted molar refractivity (Wildman–Crippen MR) is 148 cm³/mol. The number of nitrogens with one attached hydrogen (secondary N) is 1. The number of amides is 1. The highest BCUT2D eigenvalue weighted by Crippen LogP contribution is 2.38. The van der Waals surface area contributed by atoms with Crippen LogP contribution < -0.4 is 15.7 Å². The number of benzene rings is 3. The Hall–Kier alpha value is -3.44. The molecule has 3 rings (SSSR count). The number of carbonyl (C=O) groups excluding carboxylic acids is 1. The highest BCUT2D eigenvalue weighted by atomic mass is 28.4. The van der Waals surface area contributed by atoms with Crippen molar-refractivity contribution in [2.24, 2.45) is 0 Å². The molecule has 0 aliphatic carbocycles. The lowest BCUT2D eigenvalue weighted by molar-refractivity contribution is 0.112. The topological polar surface area (TPSA) is 91.6 Å². The van der Waals surface area contributed by atoms with Gasteiger partial charge in [0.15, 0.2) is 0 Å². The monoisotopic (exact) mass is 516 g/mol. The van der Waals surface area contributed by atoms with Crippen LogP contribution in [0.5, 0.6) is 0 Å².